The molecule has 0 aromatic carbocycles. The van der Waals surface area contributed by atoms with E-state index in [1.165, 1.54) is 13.0 Å². The fourth-order valence-corrected chi connectivity index (χ4v) is 0.549. The van der Waals surface area contributed by atoms with E-state index in [-0.39, 0.29) is 12.4 Å². The van der Waals surface area contributed by atoms with Gasteiger partial charge in [-0.05, 0) is 26.0 Å². The Morgan fingerprint density at radius 1 is 1.57 bits per heavy atom. The fraction of sp³-hybridized carbons (Fsp3) is 0.444. The highest BCUT2D eigenvalue weighted by molar-refractivity contribution is 5.84. The highest BCUT2D eigenvalue weighted by Gasteiger charge is 2.04. The summed E-state index contributed by atoms with van der Waals surface area (Å²) in [5.74, 6) is -0.414. The molecule has 3 N–H and O–H groups in total. The van der Waals surface area contributed by atoms with E-state index in [4.69, 9.17) is 19.7 Å². The molecular weight excluding hydrogens is 188 g/mol. The van der Waals surface area contributed by atoms with Crippen molar-refractivity contribution in [3.05, 3.63) is 23.7 Å². The molecule has 1 aromatic rings. The highest BCUT2D eigenvalue weighted by atomic mass is 16.4. The van der Waals surface area contributed by atoms with Gasteiger partial charge in [0.25, 0.3) is 0 Å². The summed E-state index contributed by atoms with van der Waals surface area (Å²) in [6, 6.07) is 3.04. The second-order valence-electron chi connectivity index (χ2n) is 2.75. The topological polar surface area (TPSA) is 90.9 Å². The lowest BCUT2D eigenvalue weighted by atomic mass is 10.4. The van der Waals surface area contributed by atoms with Crippen LogP contribution in [0, 0.1) is 6.92 Å². The molecule has 0 saturated heterocycles. The van der Waals surface area contributed by atoms with E-state index in [1.54, 1.807) is 13.0 Å². The average Bonchev–Trinajstić information content (AvgIpc) is 2.53. The van der Waals surface area contributed by atoms with E-state index in [0.29, 0.717) is 5.76 Å². The minimum absolute atomic E-state index is 0.00694. The van der Waals surface area contributed by atoms with Gasteiger partial charge in [-0.25, -0.2) is 4.79 Å². The Morgan fingerprint density at radius 3 is 2.21 bits per heavy atom. The predicted octanol–water partition coefficient (Wildman–Crippen LogP) is 0.646. The summed E-state index contributed by atoms with van der Waals surface area (Å²) in [5, 5.41) is 24.3. The van der Waals surface area contributed by atoms with E-state index >= 15 is 0 Å². The van der Waals surface area contributed by atoms with Gasteiger partial charge in [-0.2, -0.15) is 0 Å². The number of aliphatic hydroxyl groups excluding tert-OH is 2. The fourth-order valence-electron chi connectivity index (χ4n) is 0.549. The van der Waals surface area contributed by atoms with Gasteiger partial charge in [-0.15, -0.1) is 0 Å². The molecule has 0 fully saturated rings. The van der Waals surface area contributed by atoms with Crippen molar-refractivity contribution >= 4 is 5.97 Å². The number of rotatable bonds is 2. The molecule has 0 aliphatic carbocycles. The van der Waals surface area contributed by atoms with Crippen molar-refractivity contribution in [1.82, 2.24) is 0 Å². The van der Waals surface area contributed by atoms with Crippen molar-refractivity contribution in [3.63, 3.8) is 0 Å². The molecule has 80 valence electrons. The molecule has 5 heteroatoms. The predicted molar refractivity (Wildman–Crippen MR) is 49.2 cm³/mol. The second kappa shape index (κ2) is 6.17. The first kappa shape index (κ1) is 12.7. The first-order chi connectivity index (χ1) is 6.47. The molecule has 0 saturated carbocycles. The molecule has 0 amide bonds. The van der Waals surface area contributed by atoms with Gasteiger partial charge < -0.3 is 19.7 Å². The van der Waals surface area contributed by atoms with Crippen molar-refractivity contribution in [2.75, 3.05) is 6.61 Å². The third-order valence-electron chi connectivity index (χ3n) is 1.22. The zero-order valence-electron chi connectivity index (χ0n) is 8.10. The van der Waals surface area contributed by atoms with Crippen molar-refractivity contribution in [3.8, 4) is 0 Å². The number of carboxylic acids is 1. The Kier molecular flexibility index (Phi) is 5.59. The van der Waals surface area contributed by atoms with E-state index < -0.39 is 12.1 Å². The van der Waals surface area contributed by atoms with Crippen LogP contribution in [0.3, 0.4) is 0 Å². The Labute approximate surface area is 81.6 Å². The van der Waals surface area contributed by atoms with Gasteiger partial charge in [0.1, 0.15) is 5.76 Å². The Morgan fingerprint density at radius 2 is 2.07 bits per heavy atom. The van der Waals surface area contributed by atoms with Crippen LogP contribution in [0.4, 0.5) is 0 Å². The molecule has 1 atom stereocenters. The van der Waals surface area contributed by atoms with Crippen molar-refractivity contribution < 1.29 is 24.5 Å². The first-order valence-corrected chi connectivity index (χ1v) is 4.06. The molecule has 0 aliphatic rings. The van der Waals surface area contributed by atoms with Gasteiger partial charge in [-0.3, -0.25) is 0 Å². The molecule has 0 spiro atoms. The number of carbonyl (C=O) groups is 1. The summed E-state index contributed by atoms with van der Waals surface area (Å²) in [4.78, 5) is 10.1. The molecule has 14 heavy (non-hydrogen) atoms. The van der Waals surface area contributed by atoms with Gasteiger partial charge in [0, 0.05) is 0 Å². The third kappa shape index (κ3) is 5.34. The number of hydrogen-bond acceptors (Lipinski definition) is 4. The van der Waals surface area contributed by atoms with Crippen LogP contribution < -0.4 is 0 Å². The lowest BCUT2D eigenvalue weighted by Gasteiger charge is -1.90. The summed E-state index contributed by atoms with van der Waals surface area (Å²) in [6.45, 7) is 3.09. The van der Waals surface area contributed by atoms with Crippen molar-refractivity contribution in [1.29, 1.82) is 0 Å². The SMILES string of the molecule is CC(O)CO.Cc1ccc(C(=O)O)o1. The highest BCUT2D eigenvalue weighted by Crippen LogP contribution is 2.04. The summed E-state index contributed by atoms with van der Waals surface area (Å²) >= 11 is 0. The van der Waals surface area contributed by atoms with Crippen LogP contribution in [0.5, 0.6) is 0 Å². The summed E-state index contributed by atoms with van der Waals surface area (Å²) in [5.41, 5.74) is 0. The molecule has 0 aliphatic heterocycles. The quantitative estimate of drug-likeness (QED) is 0.654. The molecular formula is C9H14O5. The maximum Gasteiger partial charge on any atom is 0.371 e. The number of carboxylic acid groups (broad SMARTS) is 1. The Hall–Kier alpha value is -1.33. The number of aromatic carboxylic acids is 1. The van der Waals surface area contributed by atoms with E-state index in [1.807, 2.05) is 0 Å². The normalized spacial score (nSPS) is 11.4. The molecule has 1 rings (SSSR count). The van der Waals surface area contributed by atoms with Crippen molar-refractivity contribution in [2.24, 2.45) is 0 Å². The largest absolute Gasteiger partial charge is 0.475 e. The van der Waals surface area contributed by atoms with Crippen LogP contribution >= 0.6 is 0 Å². The average molecular weight is 202 g/mol. The van der Waals surface area contributed by atoms with E-state index in [9.17, 15) is 4.79 Å². The lowest BCUT2D eigenvalue weighted by molar-refractivity contribution is 0.0661. The maximum atomic E-state index is 10.1. The van der Waals surface area contributed by atoms with Crippen LogP contribution in [0.25, 0.3) is 0 Å². The molecule has 1 aromatic heterocycles. The van der Waals surface area contributed by atoms with Gasteiger partial charge in [0.05, 0.1) is 12.7 Å². The number of hydrogen-bond donors (Lipinski definition) is 3. The monoisotopic (exact) mass is 202 g/mol. The summed E-state index contributed by atoms with van der Waals surface area (Å²) < 4.78 is 4.75. The third-order valence-corrected chi connectivity index (χ3v) is 1.22. The molecule has 5 nitrogen and oxygen atoms in total. The zero-order chi connectivity index (χ0) is 11.1. The van der Waals surface area contributed by atoms with Gasteiger partial charge in [-0.1, -0.05) is 0 Å². The minimum Gasteiger partial charge on any atom is -0.475 e. The molecule has 1 unspecified atom stereocenters. The summed E-state index contributed by atoms with van der Waals surface area (Å²) in [6.07, 6.45) is -0.560. The molecule has 1 heterocycles. The van der Waals surface area contributed by atoms with Gasteiger partial charge in [0.2, 0.25) is 5.76 Å². The van der Waals surface area contributed by atoms with Gasteiger partial charge in [0.15, 0.2) is 0 Å². The molecule has 0 radical (unpaired) electrons. The summed E-state index contributed by atoms with van der Waals surface area (Å²) in [7, 11) is 0. The zero-order valence-corrected chi connectivity index (χ0v) is 8.10. The Bertz CT molecular complexity index is 276. The number of furan rings is 1. The number of aliphatic hydroxyl groups is 2. The van der Waals surface area contributed by atoms with Crippen LogP contribution in [-0.2, 0) is 0 Å². The molecule has 0 bridgehead atoms. The van der Waals surface area contributed by atoms with Crippen molar-refractivity contribution in [2.45, 2.75) is 20.0 Å². The van der Waals surface area contributed by atoms with Gasteiger partial charge >= 0.3 is 5.97 Å². The first-order valence-electron chi connectivity index (χ1n) is 4.06. The second-order valence-corrected chi connectivity index (χ2v) is 2.75. The van der Waals surface area contributed by atoms with Crippen LogP contribution in [-0.4, -0.2) is 34.0 Å². The van der Waals surface area contributed by atoms with Crippen LogP contribution in [0.2, 0.25) is 0 Å². The van der Waals surface area contributed by atoms with Crippen LogP contribution in [0.1, 0.15) is 23.2 Å². The number of aryl methyl sites for hydroxylation is 1. The standard InChI is InChI=1S/C6H6O3.C3H8O2/c1-4-2-3-5(9-4)6(7)8;1-3(5)2-4/h2-3H,1H3,(H,7,8);3-5H,2H2,1H3. The lowest BCUT2D eigenvalue weighted by Crippen LogP contribution is -2.03. The Balaban J connectivity index is 0.000000292. The minimum atomic E-state index is -1.02. The van der Waals surface area contributed by atoms with E-state index in [0.717, 1.165) is 0 Å². The maximum absolute atomic E-state index is 10.1. The van der Waals surface area contributed by atoms with E-state index in [2.05, 4.69) is 0 Å². The smallest absolute Gasteiger partial charge is 0.371 e. The van der Waals surface area contributed by atoms with Crippen LogP contribution in [0.15, 0.2) is 16.5 Å².